The molecule has 4 heteroatoms. The van der Waals surface area contributed by atoms with Gasteiger partial charge in [0.25, 0.3) is 0 Å². The van der Waals surface area contributed by atoms with Crippen molar-refractivity contribution in [2.45, 2.75) is 6.42 Å². The van der Waals surface area contributed by atoms with Gasteiger partial charge in [0, 0.05) is 19.6 Å². The SMILES string of the molecule is C(=C\c1ccc2c(c1)OCCO2)/CN1CCCNCC1. The highest BCUT2D eigenvalue weighted by molar-refractivity contribution is 5.56. The van der Waals surface area contributed by atoms with Crippen molar-refractivity contribution in [1.29, 1.82) is 0 Å². The largest absolute Gasteiger partial charge is 0.486 e. The van der Waals surface area contributed by atoms with Crippen molar-refractivity contribution in [3.8, 4) is 11.5 Å². The molecule has 2 aliphatic rings. The number of hydrogen-bond donors (Lipinski definition) is 1. The third-order valence-electron chi connectivity index (χ3n) is 3.67. The van der Waals surface area contributed by atoms with Gasteiger partial charge in [-0.2, -0.15) is 0 Å². The second-order valence-electron chi connectivity index (χ2n) is 5.21. The van der Waals surface area contributed by atoms with Crippen molar-refractivity contribution in [1.82, 2.24) is 10.2 Å². The summed E-state index contributed by atoms with van der Waals surface area (Å²) in [7, 11) is 0. The molecule has 0 aromatic heterocycles. The zero-order valence-electron chi connectivity index (χ0n) is 11.8. The summed E-state index contributed by atoms with van der Waals surface area (Å²) in [6, 6.07) is 6.12. The predicted octanol–water partition coefficient (Wildman–Crippen LogP) is 1.77. The number of ether oxygens (including phenoxy) is 2. The van der Waals surface area contributed by atoms with E-state index in [4.69, 9.17) is 9.47 Å². The minimum Gasteiger partial charge on any atom is -0.486 e. The van der Waals surface area contributed by atoms with E-state index in [-0.39, 0.29) is 0 Å². The molecule has 0 amide bonds. The first-order valence-electron chi connectivity index (χ1n) is 7.41. The van der Waals surface area contributed by atoms with Gasteiger partial charge >= 0.3 is 0 Å². The monoisotopic (exact) mass is 274 g/mol. The van der Waals surface area contributed by atoms with E-state index in [1.54, 1.807) is 0 Å². The fourth-order valence-electron chi connectivity index (χ4n) is 2.59. The first-order chi connectivity index (χ1) is 9.92. The molecule has 1 saturated heterocycles. The zero-order chi connectivity index (χ0) is 13.6. The van der Waals surface area contributed by atoms with E-state index in [0.717, 1.165) is 37.7 Å². The predicted molar refractivity (Wildman–Crippen MR) is 80.4 cm³/mol. The quantitative estimate of drug-likeness (QED) is 0.911. The van der Waals surface area contributed by atoms with Crippen molar-refractivity contribution in [2.24, 2.45) is 0 Å². The van der Waals surface area contributed by atoms with Crippen LogP contribution in [0.1, 0.15) is 12.0 Å². The molecule has 1 N–H and O–H groups in total. The summed E-state index contributed by atoms with van der Waals surface area (Å²) in [5, 5.41) is 3.42. The molecule has 20 heavy (non-hydrogen) atoms. The molecule has 2 heterocycles. The maximum Gasteiger partial charge on any atom is 0.161 e. The van der Waals surface area contributed by atoms with Crippen LogP contribution in [0.25, 0.3) is 6.08 Å². The van der Waals surface area contributed by atoms with E-state index in [2.05, 4.69) is 34.5 Å². The highest BCUT2D eigenvalue weighted by Gasteiger charge is 2.10. The van der Waals surface area contributed by atoms with Gasteiger partial charge in [-0.1, -0.05) is 18.2 Å². The Balaban J connectivity index is 1.58. The first kappa shape index (κ1) is 13.5. The van der Waals surface area contributed by atoms with E-state index in [1.165, 1.54) is 18.5 Å². The fraction of sp³-hybridized carbons (Fsp3) is 0.500. The van der Waals surface area contributed by atoms with E-state index in [0.29, 0.717) is 13.2 Å². The van der Waals surface area contributed by atoms with Crippen molar-refractivity contribution >= 4 is 6.08 Å². The molecule has 0 bridgehead atoms. The Morgan fingerprint density at radius 3 is 2.95 bits per heavy atom. The molecule has 3 rings (SSSR count). The lowest BCUT2D eigenvalue weighted by atomic mass is 10.2. The average molecular weight is 274 g/mol. The summed E-state index contributed by atoms with van der Waals surface area (Å²) in [5.41, 5.74) is 1.17. The molecule has 1 aromatic carbocycles. The minimum absolute atomic E-state index is 0.640. The van der Waals surface area contributed by atoms with Crippen LogP contribution in [0.4, 0.5) is 0 Å². The topological polar surface area (TPSA) is 33.7 Å². The van der Waals surface area contributed by atoms with Crippen molar-refractivity contribution < 1.29 is 9.47 Å². The standard InChI is InChI=1S/C16H22N2O2/c1(8-18-9-2-6-17-7-10-18)3-14-4-5-15-16(13-14)20-12-11-19-15/h1,3-5,13,17H,2,6-12H2/b3-1+. The molecule has 0 aliphatic carbocycles. The van der Waals surface area contributed by atoms with Gasteiger partial charge in [0.15, 0.2) is 11.5 Å². The minimum atomic E-state index is 0.640. The Morgan fingerprint density at radius 2 is 2.00 bits per heavy atom. The van der Waals surface area contributed by atoms with Gasteiger partial charge in [-0.3, -0.25) is 4.90 Å². The van der Waals surface area contributed by atoms with Crippen LogP contribution < -0.4 is 14.8 Å². The van der Waals surface area contributed by atoms with Crippen molar-refractivity contribution in [3.63, 3.8) is 0 Å². The van der Waals surface area contributed by atoms with E-state index in [9.17, 15) is 0 Å². The number of nitrogens with one attached hydrogen (secondary N) is 1. The van der Waals surface area contributed by atoms with E-state index >= 15 is 0 Å². The molecule has 108 valence electrons. The normalized spacial score (nSPS) is 20.0. The third-order valence-corrected chi connectivity index (χ3v) is 3.67. The molecule has 2 aliphatic heterocycles. The summed E-state index contributed by atoms with van der Waals surface area (Å²) in [4.78, 5) is 2.48. The molecule has 1 aromatic rings. The van der Waals surface area contributed by atoms with Crippen LogP contribution in [0.15, 0.2) is 24.3 Å². The lowest BCUT2D eigenvalue weighted by Gasteiger charge is -2.18. The number of fused-ring (bicyclic) bond motifs is 1. The van der Waals surface area contributed by atoms with Gasteiger partial charge in [0.2, 0.25) is 0 Å². The van der Waals surface area contributed by atoms with Gasteiger partial charge in [0.1, 0.15) is 13.2 Å². The summed E-state index contributed by atoms with van der Waals surface area (Å²) in [5.74, 6) is 1.71. The fourth-order valence-corrected chi connectivity index (χ4v) is 2.59. The van der Waals surface area contributed by atoms with Crippen LogP contribution in [0.2, 0.25) is 0 Å². The van der Waals surface area contributed by atoms with Gasteiger partial charge in [-0.05, 0) is 37.2 Å². The third kappa shape index (κ3) is 3.52. The summed E-state index contributed by atoms with van der Waals surface area (Å²) >= 11 is 0. The van der Waals surface area contributed by atoms with Crippen LogP contribution in [-0.4, -0.2) is 50.8 Å². The van der Waals surface area contributed by atoms with Gasteiger partial charge < -0.3 is 14.8 Å². The first-order valence-corrected chi connectivity index (χ1v) is 7.41. The van der Waals surface area contributed by atoms with Crippen LogP contribution in [0.3, 0.4) is 0 Å². The summed E-state index contributed by atoms with van der Waals surface area (Å²) in [6.07, 6.45) is 5.63. The number of benzene rings is 1. The molecule has 1 fully saturated rings. The lowest BCUT2D eigenvalue weighted by Crippen LogP contribution is -2.28. The second kappa shape index (κ2) is 6.77. The molecule has 0 radical (unpaired) electrons. The Labute approximate surface area is 120 Å². The van der Waals surface area contributed by atoms with Crippen molar-refractivity contribution in [3.05, 3.63) is 29.8 Å². The van der Waals surface area contributed by atoms with Crippen LogP contribution >= 0.6 is 0 Å². The number of nitrogens with zero attached hydrogens (tertiary/aromatic N) is 1. The lowest BCUT2D eigenvalue weighted by molar-refractivity contribution is 0.171. The molecular weight excluding hydrogens is 252 g/mol. The molecule has 0 atom stereocenters. The molecular formula is C16H22N2O2. The Bertz CT molecular complexity index is 466. The average Bonchev–Trinajstić information content (AvgIpc) is 2.76. The second-order valence-corrected chi connectivity index (χ2v) is 5.21. The summed E-state index contributed by atoms with van der Waals surface area (Å²) in [6.45, 7) is 6.84. The molecule has 0 unspecified atom stereocenters. The van der Waals surface area contributed by atoms with Crippen LogP contribution in [0.5, 0.6) is 11.5 Å². The van der Waals surface area contributed by atoms with Crippen molar-refractivity contribution in [2.75, 3.05) is 45.9 Å². The highest BCUT2D eigenvalue weighted by atomic mass is 16.6. The molecule has 4 nitrogen and oxygen atoms in total. The van der Waals surface area contributed by atoms with Crippen LogP contribution in [-0.2, 0) is 0 Å². The van der Waals surface area contributed by atoms with Gasteiger partial charge in [-0.25, -0.2) is 0 Å². The number of rotatable bonds is 3. The maximum absolute atomic E-state index is 5.60. The highest BCUT2D eigenvalue weighted by Crippen LogP contribution is 2.31. The summed E-state index contributed by atoms with van der Waals surface area (Å²) < 4.78 is 11.1. The van der Waals surface area contributed by atoms with Gasteiger partial charge in [-0.15, -0.1) is 0 Å². The smallest absolute Gasteiger partial charge is 0.161 e. The molecule has 0 spiro atoms. The Kier molecular flexibility index (Phi) is 4.56. The van der Waals surface area contributed by atoms with E-state index < -0.39 is 0 Å². The zero-order valence-corrected chi connectivity index (χ0v) is 11.8. The van der Waals surface area contributed by atoms with Gasteiger partial charge in [0.05, 0.1) is 0 Å². The van der Waals surface area contributed by atoms with Crippen LogP contribution in [0, 0.1) is 0 Å². The van der Waals surface area contributed by atoms with E-state index in [1.807, 2.05) is 6.07 Å². The Hall–Kier alpha value is -1.52. The molecule has 0 saturated carbocycles. The number of hydrogen-bond acceptors (Lipinski definition) is 4. The maximum atomic E-state index is 5.60. The Morgan fingerprint density at radius 1 is 1.10 bits per heavy atom.